The van der Waals surface area contributed by atoms with Crippen molar-refractivity contribution in [3.8, 4) is 0 Å². The van der Waals surface area contributed by atoms with E-state index in [9.17, 15) is 4.79 Å². The molecule has 4 fully saturated rings. The van der Waals surface area contributed by atoms with E-state index >= 15 is 0 Å². The van der Waals surface area contributed by atoms with Crippen LogP contribution in [-0.4, -0.2) is 57.3 Å². The zero-order valence-electron chi connectivity index (χ0n) is 18.3. The van der Waals surface area contributed by atoms with Gasteiger partial charge in [0, 0.05) is 25.5 Å². The van der Waals surface area contributed by atoms with E-state index in [0.29, 0.717) is 17.9 Å². The lowest BCUT2D eigenvalue weighted by molar-refractivity contribution is -0.134. The summed E-state index contributed by atoms with van der Waals surface area (Å²) in [4.78, 5) is 17.7. The van der Waals surface area contributed by atoms with Crippen LogP contribution >= 0.6 is 0 Å². The van der Waals surface area contributed by atoms with E-state index in [2.05, 4.69) is 32.3 Å². The molecule has 0 spiro atoms. The van der Waals surface area contributed by atoms with Crippen LogP contribution in [0.15, 0.2) is 0 Å². The van der Waals surface area contributed by atoms with Gasteiger partial charge in [-0.3, -0.25) is 20.4 Å². The fourth-order valence-corrected chi connectivity index (χ4v) is 5.55. The Morgan fingerprint density at radius 2 is 1.93 bits per heavy atom. The second kappa shape index (κ2) is 11.2. The van der Waals surface area contributed by atoms with Gasteiger partial charge in [0.1, 0.15) is 6.23 Å². The molecule has 172 valence electrons. The summed E-state index contributed by atoms with van der Waals surface area (Å²) in [6.45, 7) is 2.65. The summed E-state index contributed by atoms with van der Waals surface area (Å²) < 4.78 is 5.47. The Hall–Kier alpha value is -0.810. The summed E-state index contributed by atoms with van der Waals surface area (Å²) in [7, 11) is 1.81. The predicted molar refractivity (Wildman–Crippen MR) is 114 cm³/mol. The van der Waals surface area contributed by atoms with Crippen molar-refractivity contribution in [1.29, 1.82) is 0 Å². The monoisotopic (exact) mass is 424 g/mol. The lowest BCUT2D eigenvalue weighted by Gasteiger charge is -2.41. The Morgan fingerprint density at radius 1 is 1.10 bits per heavy atom. The summed E-state index contributed by atoms with van der Waals surface area (Å²) in [5.41, 5.74) is 9.21. The first-order valence-electron chi connectivity index (χ1n) is 11.9. The van der Waals surface area contributed by atoms with Gasteiger partial charge in [0.2, 0.25) is 5.91 Å². The number of methoxy groups -OCH3 is 1. The third kappa shape index (κ3) is 5.70. The van der Waals surface area contributed by atoms with Crippen molar-refractivity contribution >= 4 is 5.91 Å². The molecule has 0 aromatic rings. The minimum atomic E-state index is 0.0151. The largest absolute Gasteiger partial charge is 0.381 e. The number of hydrogen-bond donors (Lipinski definition) is 6. The highest BCUT2D eigenvalue weighted by molar-refractivity contribution is 5.79. The maximum absolute atomic E-state index is 12.0. The van der Waals surface area contributed by atoms with Gasteiger partial charge in [-0.05, 0) is 64.0 Å². The second-order valence-electron chi connectivity index (χ2n) is 9.32. The highest BCUT2D eigenvalue weighted by atomic mass is 16.7. The number of hydrazine groups is 1. The third-order valence-corrected chi connectivity index (χ3v) is 7.39. The molecule has 0 aromatic carbocycles. The molecule has 0 bridgehead atoms. The Labute approximate surface area is 180 Å². The molecule has 5 atom stereocenters. The van der Waals surface area contributed by atoms with Gasteiger partial charge in [0.15, 0.2) is 0 Å². The van der Waals surface area contributed by atoms with Crippen molar-refractivity contribution in [2.75, 3.05) is 26.7 Å². The minimum absolute atomic E-state index is 0.0151. The number of ether oxygens (including phenoxy) is 1. The molecule has 2 heterocycles. The molecular weight excluding hydrogens is 384 g/mol. The SMILES string of the molecule is COC1CCC(C2NOC(CNCCCNC3NNC(=O)C4CCCCC34)N2)CC1. The second-order valence-corrected chi connectivity index (χ2v) is 9.32. The smallest absolute Gasteiger partial charge is 0.237 e. The standard InChI is InChI=1S/C21H40N6O3/c1-29-15-9-7-14(8-10-15)19-24-18(30-27-19)13-22-11-4-12-23-20-16-5-2-3-6-17(16)21(28)26-25-20/h14-20,22-25,27H,2-13H2,1H3,(H,26,28). The van der Waals surface area contributed by atoms with Crippen molar-refractivity contribution < 1.29 is 14.4 Å². The van der Waals surface area contributed by atoms with Crippen LogP contribution in [0.1, 0.15) is 57.8 Å². The van der Waals surface area contributed by atoms with Gasteiger partial charge in [0.25, 0.3) is 0 Å². The number of hydroxylamine groups is 1. The van der Waals surface area contributed by atoms with Crippen LogP contribution in [0.25, 0.3) is 0 Å². The summed E-state index contributed by atoms with van der Waals surface area (Å²) >= 11 is 0. The lowest BCUT2D eigenvalue weighted by Crippen LogP contribution is -2.64. The Kier molecular flexibility index (Phi) is 8.34. The van der Waals surface area contributed by atoms with E-state index in [1.54, 1.807) is 0 Å². The zero-order chi connectivity index (χ0) is 20.8. The fourth-order valence-electron chi connectivity index (χ4n) is 5.55. The molecule has 0 radical (unpaired) electrons. The molecule has 2 saturated carbocycles. The number of fused-ring (bicyclic) bond motifs is 1. The zero-order valence-corrected chi connectivity index (χ0v) is 18.3. The van der Waals surface area contributed by atoms with Crippen molar-refractivity contribution in [2.24, 2.45) is 17.8 Å². The first-order chi connectivity index (χ1) is 14.7. The summed E-state index contributed by atoms with van der Waals surface area (Å²) in [5, 5.41) is 10.7. The normalized spacial score (nSPS) is 39.5. The number of amides is 1. The van der Waals surface area contributed by atoms with E-state index in [1.165, 1.54) is 25.7 Å². The molecule has 9 nitrogen and oxygen atoms in total. The highest BCUT2D eigenvalue weighted by Gasteiger charge is 2.39. The molecule has 4 aliphatic rings. The Balaban J connectivity index is 1.06. The third-order valence-electron chi connectivity index (χ3n) is 7.39. The molecule has 2 aliphatic carbocycles. The van der Waals surface area contributed by atoms with E-state index < -0.39 is 0 Å². The molecule has 0 aromatic heterocycles. The van der Waals surface area contributed by atoms with Crippen molar-refractivity contribution in [1.82, 2.24) is 32.3 Å². The quantitative estimate of drug-likeness (QED) is 0.294. The molecule has 1 amide bonds. The first kappa shape index (κ1) is 22.4. The molecule has 9 heteroatoms. The predicted octanol–water partition coefficient (Wildman–Crippen LogP) is 0.304. The molecule has 5 unspecified atom stereocenters. The first-order valence-corrected chi connectivity index (χ1v) is 11.9. The van der Waals surface area contributed by atoms with Crippen LogP contribution in [0, 0.1) is 17.8 Å². The fraction of sp³-hybridized carbons (Fsp3) is 0.952. The lowest BCUT2D eigenvalue weighted by atomic mass is 9.76. The van der Waals surface area contributed by atoms with Gasteiger partial charge < -0.3 is 15.4 Å². The molecule has 30 heavy (non-hydrogen) atoms. The number of nitrogens with one attached hydrogen (secondary N) is 6. The molecule has 4 rings (SSSR count). The Morgan fingerprint density at radius 3 is 2.77 bits per heavy atom. The topological polar surface area (TPSA) is 108 Å². The van der Waals surface area contributed by atoms with E-state index in [0.717, 1.165) is 51.7 Å². The van der Waals surface area contributed by atoms with Crippen LogP contribution in [0.3, 0.4) is 0 Å². The number of hydrogen-bond acceptors (Lipinski definition) is 8. The molecule has 6 N–H and O–H groups in total. The molecule has 2 aliphatic heterocycles. The van der Waals surface area contributed by atoms with Gasteiger partial charge in [-0.1, -0.05) is 12.8 Å². The van der Waals surface area contributed by atoms with Crippen LogP contribution in [-0.2, 0) is 14.4 Å². The van der Waals surface area contributed by atoms with Crippen LogP contribution in [0.5, 0.6) is 0 Å². The van der Waals surface area contributed by atoms with E-state index in [4.69, 9.17) is 9.57 Å². The van der Waals surface area contributed by atoms with Crippen LogP contribution < -0.4 is 32.3 Å². The maximum atomic E-state index is 12.0. The molecule has 2 saturated heterocycles. The van der Waals surface area contributed by atoms with Gasteiger partial charge in [-0.15, -0.1) is 0 Å². The molecular formula is C21H40N6O3. The van der Waals surface area contributed by atoms with Crippen molar-refractivity contribution in [2.45, 2.75) is 82.5 Å². The van der Waals surface area contributed by atoms with Gasteiger partial charge in [0.05, 0.1) is 18.4 Å². The summed E-state index contributed by atoms with van der Waals surface area (Å²) in [6, 6.07) is 0. The summed E-state index contributed by atoms with van der Waals surface area (Å²) in [6.07, 6.45) is 11.1. The average Bonchev–Trinajstić information content (AvgIpc) is 3.27. The van der Waals surface area contributed by atoms with E-state index in [1.807, 2.05) is 7.11 Å². The van der Waals surface area contributed by atoms with Gasteiger partial charge >= 0.3 is 0 Å². The maximum Gasteiger partial charge on any atom is 0.237 e. The van der Waals surface area contributed by atoms with Gasteiger partial charge in [-0.2, -0.15) is 5.48 Å². The number of rotatable bonds is 9. The number of carbonyl (C=O) groups is 1. The van der Waals surface area contributed by atoms with Crippen molar-refractivity contribution in [3.63, 3.8) is 0 Å². The van der Waals surface area contributed by atoms with E-state index in [-0.39, 0.29) is 30.4 Å². The van der Waals surface area contributed by atoms with Crippen LogP contribution in [0.2, 0.25) is 0 Å². The average molecular weight is 425 g/mol. The van der Waals surface area contributed by atoms with Gasteiger partial charge in [-0.25, -0.2) is 5.43 Å². The Bertz CT molecular complexity index is 545. The minimum Gasteiger partial charge on any atom is -0.381 e. The van der Waals surface area contributed by atoms with Crippen LogP contribution in [0.4, 0.5) is 0 Å². The number of carbonyl (C=O) groups excluding carboxylic acids is 1. The summed E-state index contributed by atoms with van der Waals surface area (Å²) in [5.74, 6) is 1.37. The highest BCUT2D eigenvalue weighted by Crippen LogP contribution is 2.33. The van der Waals surface area contributed by atoms with Crippen molar-refractivity contribution in [3.05, 3.63) is 0 Å².